The number of aryl methyl sites for hydroxylation is 1. The van der Waals surface area contributed by atoms with Crippen molar-refractivity contribution in [2.45, 2.75) is 20.5 Å². The highest BCUT2D eigenvalue weighted by molar-refractivity contribution is 9.10. The second kappa shape index (κ2) is 9.84. The van der Waals surface area contributed by atoms with Gasteiger partial charge >= 0.3 is 5.97 Å². The molecule has 0 unspecified atom stereocenters. The van der Waals surface area contributed by atoms with Crippen LogP contribution in [0.3, 0.4) is 0 Å². The van der Waals surface area contributed by atoms with E-state index in [0.29, 0.717) is 28.6 Å². The van der Waals surface area contributed by atoms with Gasteiger partial charge in [-0.2, -0.15) is 0 Å². The molecule has 5 nitrogen and oxygen atoms in total. The molecule has 0 aliphatic carbocycles. The summed E-state index contributed by atoms with van der Waals surface area (Å²) in [6.45, 7) is 3.97. The van der Waals surface area contributed by atoms with Gasteiger partial charge in [0.15, 0.2) is 0 Å². The van der Waals surface area contributed by atoms with E-state index >= 15 is 0 Å². The van der Waals surface area contributed by atoms with Gasteiger partial charge in [-0.05, 0) is 64.7 Å². The van der Waals surface area contributed by atoms with E-state index in [-0.39, 0.29) is 26.5 Å². The van der Waals surface area contributed by atoms with Crippen LogP contribution in [0.5, 0.6) is 5.75 Å². The first kappa shape index (κ1) is 24.0. The number of aromatic carboxylic acids is 1. The first-order valence-corrected chi connectivity index (χ1v) is 10.7. The van der Waals surface area contributed by atoms with Crippen LogP contribution in [0.15, 0.2) is 46.9 Å². The molecule has 4 radical (unpaired) electrons. The molecule has 3 aromatic carbocycles. The number of carbonyl (C=O) groups is 2. The van der Waals surface area contributed by atoms with Crippen molar-refractivity contribution in [2.24, 2.45) is 0 Å². The second-order valence-electron chi connectivity index (χ2n) is 7.14. The molecule has 0 aromatic heterocycles. The van der Waals surface area contributed by atoms with Crippen molar-refractivity contribution in [3.05, 3.63) is 79.8 Å². The molecular weight excluding hydrogens is 491 g/mol. The number of nitrogens with one attached hydrogen (secondary N) is 1. The van der Waals surface area contributed by atoms with Crippen molar-refractivity contribution in [3.8, 4) is 5.75 Å². The fourth-order valence-corrected chi connectivity index (χ4v) is 3.97. The van der Waals surface area contributed by atoms with E-state index in [1.54, 1.807) is 19.1 Å². The summed E-state index contributed by atoms with van der Waals surface area (Å²) in [5.41, 5.74) is 2.40. The maximum Gasteiger partial charge on any atom is 0.335 e. The molecule has 0 bridgehead atoms. The predicted octanol–water partition coefficient (Wildman–Crippen LogP) is 3.84. The molecule has 3 aromatic rings. The van der Waals surface area contributed by atoms with Gasteiger partial charge in [0, 0.05) is 10.2 Å². The molecule has 3 rings (SSSR count). The van der Waals surface area contributed by atoms with Crippen LogP contribution in [0, 0.1) is 13.8 Å². The van der Waals surface area contributed by atoms with Gasteiger partial charge in [0.1, 0.15) is 28.0 Å². The Hall–Kier alpha value is -2.70. The summed E-state index contributed by atoms with van der Waals surface area (Å²) >= 11 is 9.60. The van der Waals surface area contributed by atoms with E-state index in [9.17, 15) is 14.7 Å². The molecule has 9 heteroatoms. The number of benzene rings is 3. The van der Waals surface area contributed by atoms with E-state index in [2.05, 4.69) is 21.2 Å². The zero-order valence-electron chi connectivity index (χ0n) is 17.3. The Morgan fingerprint density at radius 1 is 1.09 bits per heavy atom. The summed E-state index contributed by atoms with van der Waals surface area (Å²) in [7, 11) is 11.8. The zero-order chi connectivity index (χ0) is 23.6. The fourth-order valence-electron chi connectivity index (χ4n) is 3.14. The quantitative estimate of drug-likeness (QED) is 0.497. The van der Waals surface area contributed by atoms with Gasteiger partial charge in [-0.25, -0.2) is 4.79 Å². The van der Waals surface area contributed by atoms with Crippen molar-refractivity contribution < 1.29 is 19.4 Å². The van der Waals surface area contributed by atoms with Crippen molar-refractivity contribution in [3.63, 3.8) is 0 Å². The second-order valence-corrected chi connectivity index (χ2v) is 8.34. The number of carboxylic acids is 1. The van der Waals surface area contributed by atoms with Crippen LogP contribution in [-0.2, 0) is 6.61 Å². The summed E-state index contributed by atoms with van der Waals surface area (Å²) in [6, 6.07) is 12.6. The van der Waals surface area contributed by atoms with Crippen LogP contribution in [-0.4, -0.2) is 32.7 Å². The number of ether oxygens (including phenoxy) is 1. The lowest BCUT2D eigenvalue weighted by atomic mass is 9.73. The average Bonchev–Trinajstić information content (AvgIpc) is 2.74. The van der Waals surface area contributed by atoms with Crippen LogP contribution < -0.4 is 21.0 Å². The molecule has 1 amide bonds. The summed E-state index contributed by atoms with van der Waals surface area (Å²) < 4.78 is 6.06. The Bertz CT molecular complexity index is 1230. The molecule has 0 saturated carbocycles. The van der Waals surface area contributed by atoms with Gasteiger partial charge in [0.25, 0.3) is 5.91 Å². The Balaban J connectivity index is 1.84. The van der Waals surface area contributed by atoms with Crippen molar-refractivity contribution in [1.29, 1.82) is 0 Å². The van der Waals surface area contributed by atoms with Gasteiger partial charge in [0.2, 0.25) is 0 Å². The Labute approximate surface area is 202 Å². The van der Waals surface area contributed by atoms with Crippen LogP contribution in [0.25, 0.3) is 0 Å². The minimum Gasteiger partial charge on any atom is -0.487 e. The lowest BCUT2D eigenvalue weighted by Gasteiger charge is -2.18. The Morgan fingerprint density at radius 3 is 2.41 bits per heavy atom. The molecule has 0 atom stereocenters. The largest absolute Gasteiger partial charge is 0.487 e. The molecule has 2 N–H and O–H groups in total. The topological polar surface area (TPSA) is 75.6 Å². The maximum absolute atomic E-state index is 12.9. The normalized spacial score (nSPS) is 10.6. The summed E-state index contributed by atoms with van der Waals surface area (Å²) in [5.74, 6) is -1.58. The molecule has 0 spiro atoms. The monoisotopic (exact) mass is 507 g/mol. The lowest BCUT2D eigenvalue weighted by molar-refractivity contribution is 0.0694. The van der Waals surface area contributed by atoms with Crippen LogP contribution in [0.4, 0.5) is 5.69 Å². The number of amides is 1. The maximum atomic E-state index is 12.9. The fraction of sp³-hybridized carbons (Fsp3) is 0.130. The van der Waals surface area contributed by atoms with Crippen molar-refractivity contribution in [1.82, 2.24) is 0 Å². The van der Waals surface area contributed by atoms with Crippen LogP contribution in [0.1, 0.15) is 37.4 Å². The van der Waals surface area contributed by atoms with E-state index in [4.69, 9.17) is 32.0 Å². The van der Waals surface area contributed by atoms with Crippen LogP contribution >= 0.6 is 27.5 Å². The number of carbonyl (C=O) groups excluding carboxylic acids is 1. The number of halogens is 2. The van der Waals surface area contributed by atoms with E-state index in [0.717, 1.165) is 11.1 Å². The summed E-state index contributed by atoms with van der Waals surface area (Å²) in [5, 5.41) is 12.5. The van der Waals surface area contributed by atoms with Gasteiger partial charge in [-0.15, -0.1) is 0 Å². The molecule has 0 saturated heterocycles. The number of hydrogen-bond acceptors (Lipinski definition) is 3. The first-order chi connectivity index (χ1) is 15.1. The molecule has 0 aliphatic heterocycles. The van der Waals surface area contributed by atoms with E-state index in [1.807, 2.05) is 31.2 Å². The van der Waals surface area contributed by atoms with Gasteiger partial charge in [-0.3, -0.25) is 4.79 Å². The zero-order valence-corrected chi connectivity index (χ0v) is 19.7. The molecule has 0 fully saturated rings. The Morgan fingerprint density at radius 2 is 1.78 bits per heavy atom. The van der Waals surface area contributed by atoms with Gasteiger partial charge in [0.05, 0.1) is 16.1 Å². The number of carboxylic acid groups (broad SMARTS) is 1. The Kier molecular flexibility index (Phi) is 7.36. The standard InChI is InChI=1S/C23H17B2BrClNO4/c1-11-5-3-4-6-13(11)10-32-16-8-7-14(9-15(16)27)28-22(29)18-17(23(30)31)20(25)19(24)12(2)21(18)26/h3-9H,10H2,1-2H3,(H,28,29)(H,30,31). The van der Waals surface area contributed by atoms with Crippen LogP contribution in [0.2, 0.25) is 5.02 Å². The highest BCUT2D eigenvalue weighted by Gasteiger charge is 2.25. The van der Waals surface area contributed by atoms with Crippen molar-refractivity contribution in [2.75, 3.05) is 5.32 Å². The van der Waals surface area contributed by atoms with E-state index < -0.39 is 11.9 Å². The van der Waals surface area contributed by atoms with E-state index in [1.165, 1.54) is 6.07 Å². The third-order valence-electron chi connectivity index (χ3n) is 5.04. The number of anilines is 1. The third kappa shape index (κ3) is 4.87. The number of hydrogen-bond donors (Lipinski definition) is 2. The minimum atomic E-state index is -1.36. The molecular formula is C23H17B2BrClNO4. The third-order valence-corrected chi connectivity index (χ3v) is 6.32. The van der Waals surface area contributed by atoms with Crippen molar-refractivity contribution >= 4 is 71.7 Å². The highest BCUT2D eigenvalue weighted by atomic mass is 79.9. The summed E-state index contributed by atoms with van der Waals surface area (Å²) in [4.78, 5) is 24.7. The molecule has 158 valence electrons. The molecule has 0 heterocycles. The smallest absolute Gasteiger partial charge is 0.335 e. The highest BCUT2D eigenvalue weighted by Crippen LogP contribution is 2.30. The van der Waals surface area contributed by atoms with Gasteiger partial charge in [-0.1, -0.05) is 46.8 Å². The molecule has 32 heavy (non-hydrogen) atoms. The SMILES string of the molecule is [B]c1c([B])c(C(=O)O)c(C(=O)Nc2ccc(OCc3ccccc3C)c(Cl)c2)c(Br)c1C. The first-order valence-electron chi connectivity index (χ1n) is 9.50. The summed E-state index contributed by atoms with van der Waals surface area (Å²) in [6.07, 6.45) is 0. The van der Waals surface area contributed by atoms with Gasteiger partial charge < -0.3 is 15.2 Å². The number of rotatable bonds is 6. The molecule has 0 aliphatic rings. The minimum absolute atomic E-state index is 0.101. The average molecular weight is 508 g/mol. The lowest BCUT2D eigenvalue weighted by Crippen LogP contribution is -2.37. The predicted molar refractivity (Wildman–Crippen MR) is 132 cm³/mol.